The first kappa shape index (κ1) is 19.0. The van der Waals surface area contributed by atoms with Gasteiger partial charge in [-0.3, -0.25) is 4.79 Å². The van der Waals surface area contributed by atoms with Gasteiger partial charge < -0.3 is 15.4 Å². The van der Waals surface area contributed by atoms with Crippen molar-refractivity contribution in [1.29, 1.82) is 0 Å². The molecule has 25 heavy (non-hydrogen) atoms. The molecule has 2 aromatic carbocycles. The van der Waals surface area contributed by atoms with Gasteiger partial charge in [0.15, 0.2) is 0 Å². The lowest BCUT2D eigenvalue weighted by atomic mass is 10.1. The standard InChI is InChI=1S/C19H19ClN2O2S/c1-24-18(23)13-21-12-17(15-7-9-16(20)10-8-15)19(25)22-11-14-5-3-2-4-6-14/h2-10,12,21H,11,13H2,1H3,(H,22,25)/b17-12-. The van der Waals surface area contributed by atoms with Gasteiger partial charge in [-0.2, -0.15) is 0 Å². The number of carbonyl (C=O) groups is 1. The summed E-state index contributed by atoms with van der Waals surface area (Å²) in [7, 11) is 1.35. The molecule has 0 aliphatic carbocycles. The van der Waals surface area contributed by atoms with Crippen LogP contribution in [-0.4, -0.2) is 24.6 Å². The average Bonchev–Trinajstić information content (AvgIpc) is 2.65. The molecule has 0 spiro atoms. The molecule has 0 aliphatic heterocycles. The number of methoxy groups -OCH3 is 1. The number of hydrogen-bond acceptors (Lipinski definition) is 4. The molecule has 0 atom stereocenters. The summed E-state index contributed by atoms with van der Waals surface area (Å²) in [5, 5.41) is 6.82. The van der Waals surface area contributed by atoms with Crippen molar-refractivity contribution in [2.24, 2.45) is 0 Å². The third kappa shape index (κ3) is 6.21. The number of rotatable bonds is 7. The van der Waals surface area contributed by atoms with E-state index in [0.717, 1.165) is 16.7 Å². The van der Waals surface area contributed by atoms with Crippen LogP contribution in [0.5, 0.6) is 0 Å². The maximum absolute atomic E-state index is 11.3. The fourth-order valence-corrected chi connectivity index (χ4v) is 2.47. The van der Waals surface area contributed by atoms with E-state index in [2.05, 4.69) is 15.4 Å². The lowest BCUT2D eigenvalue weighted by Crippen LogP contribution is -2.25. The van der Waals surface area contributed by atoms with Gasteiger partial charge in [-0.05, 0) is 23.3 Å². The highest BCUT2D eigenvalue weighted by atomic mass is 35.5. The predicted molar refractivity (Wildman–Crippen MR) is 105 cm³/mol. The molecular formula is C19H19ClN2O2S. The Kier molecular flexibility index (Phi) is 7.44. The Hall–Kier alpha value is -2.37. The van der Waals surface area contributed by atoms with Crippen LogP contribution in [-0.2, 0) is 16.1 Å². The fraction of sp³-hybridized carbons (Fsp3) is 0.158. The van der Waals surface area contributed by atoms with Crippen LogP contribution in [0.3, 0.4) is 0 Å². The summed E-state index contributed by atoms with van der Waals surface area (Å²) in [6.45, 7) is 0.677. The maximum atomic E-state index is 11.3. The monoisotopic (exact) mass is 374 g/mol. The number of esters is 1. The van der Waals surface area contributed by atoms with Gasteiger partial charge in [-0.25, -0.2) is 0 Å². The molecule has 0 aromatic heterocycles. The van der Waals surface area contributed by atoms with Gasteiger partial charge in [0, 0.05) is 23.3 Å². The van der Waals surface area contributed by atoms with Gasteiger partial charge in [0.1, 0.15) is 11.5 Å². The number of halogens is 1. The molecule has 130 valence electrons. The molecule has 0 bridgehead atoms. The molecule has 2 rings (SSSR count). The molecule has 2 N–H and O–H groups in total. The first-order valence-corrected chi connectivity index (χ1v) is 8.47. The van der Waals surface area contributed by atoms with Gasteiger partial charge in [-0.1, -0.05) is 66.3 Å². The van der Waals surface area contributed by atoms with Crippen molar-refractivity contribution < 1.29 is 9.53 Å². The second-order valence-electron chi connectivity index (χ2n) is 5.19. The van der Waals surface area contributed by atoms with E-state index in [9.17, 15) is 4.79 Å². The van der Waals surface area contributed by atoms with Gasteiger partial charge in [-0.15, -0.1) is 0 Å². The summed E-state index contributed by atoms with van der Waals surface area (Å²) in [5.41, 5.74) is 2.79. The number of hydrogen-bond donors (Lipinski definition) is 2. The van der Waals surface area contributed by atoms with Crippen LogP contribution in [0.1, 0.15) is 11.1 Å². The topological polar surface area (TPSA) is 50.4 Å². The maximum Gasteiger partial charge on any atom is 0.325 e. The molecule has 0 heterocycles. The normalized spacial score (nSPS) is 10.9. The fourth-order valence-electron chi connectivity index (χ4n) is 2.09. The van der Waals surface area contributed by atoms with Crippen LogP contribution >= 0.6 is 23.8 Å². The number of ether oxygens (including phenoxy) is 1. The minimum Gasteiger partial charge on any atom is -0.468 e. The Balaban J connectivity index is 2.12. The zero-order chi connectivity index (χ0) is 18.1. The van der Waals surface area contributed by atoms with Crippen molar-refractivity contribution in [3.05, 3.63) is 76.9 Å². The highest BCUT2D eigenvalue weighted by Crippen LogP contribution is 2.18. The summed E-state index contributed by atoms with van der Waals surface area (Å²) in [4.78, 5) is 11.8. The van der Waals surface area contributed by atoms with E-state index >= 15 is 0 Å². The largest absolute Gasteiger partial charge is 0.468 e. The second kappa shape index (κ2) is 9.81. The van der Waals surface area contributed by atoms with Crippen molar-refractivity contribution >= 4 is 40.3 Å². The van der Waals surface area contributed by atoms with Crippen LogP contribution < -0.4 is 10.6 Å². The van der Waals surface area contributed by atoms with Crippen LogP contribution in [0, 0.1) is 0 Å². The van der Waals surface area contributed by atoms with E-state index < -0.39 is 0 Å². The van der Waals surface area contributed by atoms with E-state index in [1.165, 1.54) is 7.11 Å². The Labute approximate surface area is 157 Å². The SMILES string of the molecule is COC(=O)CN/C=C(\C(=S)NCc1ccccc1)c1ccc(Cl)cc1. The molecular weight excluding hydrogens is 356 g/mol. The first-order valence-electron chi connectivity index (χ1n) is 7.68. The molecule has 0 saturated carbocycles. The predicted octanol–water partition coefficient (Wildman–Crippen LogP) is 3.56. The number of thiocarbonyl (C=S) groups is 1. The minimum absolute atomic E-state index is 0.0644. The average molecular weight is 375 g/mol. The Bertz CT molecular complexity index is 746. The highest BCUT2D eigenvalue weighted by Gasteiger charge is 2.09. The number of carbonyl (C=O) groups excluding carboxylic acids is 1. The summed E-state index contributed by atoms with van der Waals surface area (Å²) in [6, 6.07) is 17.3. The highest BCUT2D eigenvalue weighted by molar-refractivity contribution is 7.81. The first-order chi connectivity index (χ1) is 12.1. The number of nitrogens with one attached hydrogen (secondary N) is 2. The Morgan fingerprint density at radius 3 is 2.48 bits per heavy atom. The molecule has 0 aliphatic rings. The third-order valence-corrected chi connectivity index (χ3v) is 4.03. The smallest absolute Gasteiger partial charge is 0.325 e. The second-order valence-corrected chi connectivity index (χ2v) is 6.03. The summed E-state index contributed by atoms with van der Waals surface area (Å²) < 4.78 is 4.62. The van der Waals surface area contributed by atoms with Crippen LogP contribution in [0.2, 0.25) is 5.02 Å². The molecule has 4 nitrogen and oxygen atoms in total. The van der Waals surface area contributed by atoms with Gasteiger partial charge in [0.05, 0.1) is 7.11 Å². The molecule has 0 fully saturated rings. The van der Waals surface area contributed by atoms with Crippen molar-refractivity contribution in [2.45, 2.75) is 6.54 Å². The molecule has 0 radical (unpaired) electrons. The molecule has 0 saturated heterocycles. The minimum atomic E-state index is -0.352. The summed E-state index contributed by atoms with van der Waals surface area (Å²) in [6.07, 6.45) is 1.71. The van der Waals surface area contributed by atoms with Gasteiger partial charge in [0.2, 0.25) is 0 Å². The molecule has 0 amide bonds. The molecule has 2 aromatic rings. The Morgan fingerprint density at radius 1 is 1.16 bits per heavy atom. The van der Waals surface area contributed by atoms with Gasteiger partial charge >= 0.3 is 5.97 Å². The lowest BCUT2D eigenvalue weighted by molar-refractivity contribution is -0.139. The Morgan fingerprint density at radius 2 is 1.84 bits per heavy atom. The van der Waals surface area contributed by atoms with Crippen LogP contribution in [0.15, 0.2) is 60.8 Å². The van der Waals surface area contributed by atoms with Crippen molar-refractivity contribution in [2.75, 3.05) is 13.7 Å². The van der Waals surface area contributed by atoms with E-state index in [-0.39, 0.29) is 12.5 Å². The van der Waals surface area contributed by atoms with Crippen molar-refractivity contribution in [3.8, 4) is 0 Å². The van der Waals surface area contributed by atoms with Crippen molar-refractivity contribution in [1.82, 2.24) is 10.6 Å². The van der Waals surface area contributed by atoms with E-state index in [1.54, 1.807) is 18.3 Å². The zero-order valence-electron chi connectivity index (χ0n) is 13.8. The van der Waals surface area contributed by atoms with E-state index in [0.29, 0.717) is 16.6 Å². The van der Waals surface area contributed by atoms with Crippen LogP contribution in [0.25, 0.3) is 5.57 Å². The van der Waals surface area contributed by atoms with E-state index in [1.807, 2.05) is 42.5 Å². The summed E-state index contributed by atoms with van der Waals surface area (Å²) >= 11 is 11.5. The lowest BCUT2D eigenvalue weighted by Gasteiger charge is -2.13. The van der Waals surface area contributed by atoms with Crippen molar-refractivity contribution in [3.63, 3.8) is 0 Å². The quantitative estimate of drug-likeness (QED) is 0.441. The van der Waals surface area contributed by atoms with E-state index in [4.69, 9.17) is 23.8 Å². The summed E-state index contributed by atoms with van der Waals surface area (Å²) in [5.74, 6) is -0.352. The van der Waals surface area contributed by atoms with Gasteiger partial charge in [0.25, 0.3) is 0 Å². The number of benzene rings is 2. The van der Waals surface area contributed by atoms with Crippen LogP contribution in [0.4, 0.5) is 0 Å². The third-order valence-electron chi connectivity index (χ3n) is 3.42. The zero-order valence-corrected chi connectivity index (χ0v) is 15.4. The molecule has 6 heteroatoms. The molecule has 0 unspecified atom stereocenters.